The Kier molecular flexibility index (Phi) is 2.13. The van der Waals surface area contributed by atoms with Crippen LogP contribution in [0.4, 0.5) is 5.69 Å². The smallest absolute Gasteiger partial charge is 0.0892 e. The van der Waals surface area contributed by atoms with Gasteiger partial charge in [0.15, 0.2) is 0 Å². The zero-order valence-corrected chi connectivity index (χ0v) is 11.4. The maximum Gasteiger partial charge on any atom is 0.0892 e. The highest BCUT2D eigenvalue weighted by Gasteiger charge is 2.49. The number of hydrogen-bond donors (Lipinski definition) is 1. The van der Waals surface area contributed by atoms with Crippen LogP contribution in [0, 0.1) is 30.6 Å². The molecule has 3 heteroatoms. The fourth-order valence-corrected chi connectivity index (χ4v) is 5.27. The highest BCUT2D eigenvalue weighted by Crippen LogP contribution is 2.60. The standard InChI is InChI=1S/C15H23N3/c1-8-14(16)15(17-18(8)2)13-11-4-9-3-10(6-11)7-12(13)5-9/h9-13H,3-7,16H2,1-2H3. The predicted molar refractivity (Wildman–Crippen MR) is 72.1 cm³/mol. The summed E-state index contributed by atoms with van der Waals surface area (Å²) in [5, 5.41) is 4.75. The molecule has 5 rings (SSSR count). The maximum absolute atomic E-state index is 6.30. The number of rotatable bonds is 1. The number of nitrogen functional groups attached to an aromatic ring is 1. The van der Waals surface area contributed by atoms with Gasteiger partial charge < -0.3 is 5.73 Å². The van der Waals surface area contributed by atoms with E-state index in [4.69, 9.17) is 10.8 Å². The van der Waals surface area contributed by atoms with E-state index in [0.717, 1.165) is 35.1 Å². The molecule has 4 fully saturated rings. The van der Waals surface area contributed by atoms with Crippen molar-refractivity contribution in [3.8, 4) is 0 Å². The molecule has 98 valence electrons. The van der Waals surface area contributed by atoms with Gasteiger partial charge in [0.2, 0.25) is 0 Å². The first kappa shape index (κ1) is 10.9. The van der Waals surface area contributed by atoms with E-state index in [1.54, 1.807) is 0 Å². The van der Waals surface area contributed by atoms with Crippen LogP contribution in [0.2, 0.25) is 0 Å². The molecule has 0 saturated heterocycles. The van der Waals surface area contributed by atoms with E-state index in [9.17, 15) is 0 Å². The Labute approximate surface area is 109 Å². The van der Waals surface area contributed by atoms with E-state index in [-0.39, 0.29) is 0 Å². The maximum atomic E-state index is 6.30. The van der Waals surface area contributed by atoms with E-state index in [0.29, 0.717) is 5.92 Å². The third-order valence-corrected chi connectivity index (χ3v) is 5.95. The molecule has 18 heavy (non-hydrogen) atoms. The van der Waals surface area contributed by atoms with Crippen molar-refractivity contribution in [1.29, 1.82) is 0 Å². The van der Waals surface area contributed by atoms with Gasteiger partial charge in [0.05, 0.1) is 17.1 Å². The lowest BCUT2D eigenvalue weighted by Gasteiger charge is -2.54. The Bertz CT molecular complexity index is 460. The molecule has 0 aromatic carbocycles. The largest absolute Gasteiger partial charge is 0.396 e. The zero-order valence-electron chi connectivity index (χ0n) is 11.4. The van der Waals surface area contributed by atoms with Crippen LogP contribution in [0.3, 0.4) is 0 Å². The molecule has 4 bridgehead atoms. The molecule has 0 radical (unpaired) electrons. The highest BCUT2D eigenvalue weighted by atomic mass is 15.3. The van der Waals surface area contributed by atoms with Gasteiger partial charge in [-0.15, -0.1) is 0 Å². The summed E-state index contributed by atoms with van der Waals surface area (Å²) in [6.07, 6.45) is 7.26. The molecule has 0 amide bonds. The summed E-state index contributed by atoms with van der Waals surface area (Å²) in [5.41, 5.74) is 9.63. The highest BCUT2D eigenvalue weighted by molar-refractivity contribution is 5.50. The van der Waals surface area contributed by atoms with Crippen LogP contribution in [-0.2, 0) is 7.05 Å². The normalized spacial score (nSPS) is 41.6. The first-order valence-electron chi connectivity index (χ1n) is 7.42. The number of anilines is 1. The quantitative estimate of drug-likeness (QED) is 0.826. The summed E-state index contributed by atoms with van der Waals surface area (Å²) >= 11 is 0. The van der Waals surface area contributed by atoms with Crippen LogP contribution in [-0.4, -0.2) is 9.78 Å². The molecule has 1 aromatic heterocycles. The monoisotopic (exact) mass is 245 g/mol. The van der Waals surface area contributed by atoms with Gasteiger partial charge in [-0.1, -0.05) is 0 Å². The van der Waals surface area contributed by atoms with Gasteiger partial charge in [-0.3, -0.25) is 4.68 Å². The lowest BCUT2D eigenvalue weighted by molar-refractivity contribution is -0.00407. The van der Waals surface area contributed by atoms with E-state index in [1.165, 1.54) is 37.8 Å². The van der Waals surface area contributed by atoms with Gasteiger partial charge in [-0.05, 0) is 62.7 Å². The third kappa shape index (κ3) is 1.33. The number of aryl methyl sites for hydroxylation is 1. The summed E-state index contributed by atoms with van der Waals surface area (Å²) in [6.45, 7) is 2.09. The summed E-state index contributed by atoms with van der Waals surface area (Å²) in [4.78, 5) is 0. The van der Waals surface area contributed by atoms with Crippen molar-refractivity contribution in [2.24, 2.45) is 30.7 Å². The summed E-state index contributed by atoms with van der Waals surface area (Å²) in [5.74, 6) is 4.46. The van der Waals surface area contributed by atoms with Crippen molar-refractivity contribution in [1.82, 2.24) is 9.78 Å². The summed E-state index contributed by atoms with van der Waals surface area (Å²) in [7, 11) is 2.02. The minimum Gasteiger partial charge on any atom is -0.396 e. The molecule has 4 aliphatic rings. The summed E-state index contributed by atoms with van der Waals surface area (Å²) < 4.78 is 1.97. The topological polar surface area (TPSA) is 43.8 Å². The Morgan fingerprint density at radius 2 is 1.61 bits per heavy atom. The first-order valence-corrected chi connectivity index (χ1v) is 7.42. The lowest BCUT2D eigenvalue weighted by atomic mass is 9.51. The number of nitrogens with zero attached hydrogens (tertiary/aromatic N) is 2. The molecule has 4 aliphatic carbocycles. The van der Waals surface area contributed by atoms with Gasteiger partial charge in [-0.25, -0.2) is 0 Å². The van der Waals surface area contributed by atoms with Crippen molar-refractivity contribution >= 4 is 5.69 Å². The average Bonchev–Trinajstić information content (AvgIpc) is 2.56. The lowest BCUT2D eigenvalue weighted by Crippen LogP contribution is -2.44. The van der Waals surface area contributed by atoms with E-state index in [2.05, 4.69) is 6.92 Å². The minimum absolute atomic E-state index is 0.665. The third-order valence-electron chi connectivity index (χ3n) is 5.95. The Balaban J connectivity index is 1.74. The molecular weight excluding hydrogens is 222 g/mol. The van der Waals surface area contributed by atoms with Crippen LogP contribution < -0.4 is 5.73 Å². The van der Waals surface area contributed by atoms with E-state index in [1.807, 2.05) is 11.7 Å². The molecule has 1 heterocycles. The van der Waals surface area contributed by atoms with Crippen LogP contribution in [0.5, 0.6) is 0 Å². The summed E-state index contributed by atoms with van der Waals surface area (Å²) in [6, 6.07) is 0. The fourth-order valence-electron chi connectivity index (χ4n) is 5.27. The Morgan fingerprint density at radius 1 is 1.06 bits per heavy atom. The van der Waals surface area contributed by atoms with Crippen molar-refractivity contribution < 1.29 is 0 Å². The van der Waals surface area contributed by atoms with Crippen LogP contribution in [0.25, 0.3) is 0 Å². The average molecular weight is 245 g/mol. The molecule has 1 aromatic rings. The fraction of sp³-hybridized carbons (Fsp3) is 0.800. The van der Waals surface area contributed by atoms with Crippen LogP contribution in [0.15, 0.2) is 0 Å². The second-order valence-electron chi connectivity index (χ2n) is 6.96. The Hall–Kier alpha value is -0.990. The zero-order chi connectivity index (χ0) is 12.4. The van der Waals surface area contributed by atoms with E-state index < -0.39 is 0 Å². The Morgan fingerprint density at radius 3 is 2.06 bits per heavy atom. The number of aromatic nitrogens is 2. The van der Waals surface area contributed by atoms with Crippen molar-refractivity contribution in [2.45, 2.75) is 44.9 Å². The van der Waals surface area contributed by atoms with Gasteiger partial charge in [0.25, 0.3) is 0 Å². The second kappa shape index (κ2) is 3.52. The molecule has 4 saturated carbocycles. The van der Waals surface area contributed by atoms with Crippen molar-refractivity contribution in [3.05, 3.63) is 11.4 Å². The van der Waals surface area contributed by atoms with Gasteiger partial charge >= 0.3 is 0 Å². The van der Waals surface area contributed by atoms with Crippen molar-refractivity contribution in [3.63, 3.8) is 0 Å². The van der Waals surface area contributed by atoms with Gasteiger partial charge in [0, 0.05) is 13.0 Å². The number of hydrogen-bond acceptors (Lipinski definition) is 2. The molecule has 0 aliphatic heterocycles. The molecule has 2 N–H and O–H groups in total. The first-order chi connectivity index (χ1) is 8.63. The van der Waals surface area contributed by atoms with Gasteiger partial charge in [-0.2, -0.15) is 5.10 Å². The van der Waals surface area contributed by atoms with Crippen molar-refractivity contribution in [2.75, 3.05) is 5.73 Å². The molecule has 3 nitrogen and oxygen atoms in total. The van der Waals surface area contributed by atoms with E-state index >= 15 is 0 Å². The molecular formula is C15H23N3. The van der Waals surface area contributed by atoms with Crippen LogP contribution >= 0.6 is 0 Å². The minimum atomic E-state index is 0.665. The van der Waals surface area contributed by atoms with Crippen LogP contribution in [0.1, 0.15) is 49.4 Å². The number of nitrogens with two attached hydrogens (primary N) is 1. The second-order valence-corrected chi connectivity index (χ2v) is 6.96. The molecule has 0 spiro atoms. The molecule has 0 unspecified atom stereocenters. The SMILES string of the molecule is Cc1c(N)c(C2C3CC4CC(C3)CC2C4)nn1C. The van der Waals surface area contributed by atoms with Gasteiger partial charge in [0.1, 0.15) is 0 Å². The predicted octanol–water partition coefficient (Wildman–Crippen LogP) is 2.85. The molecule has 0 atom stereocenters.